The minimum Gasteiger partial charge on any atom is -0.399 e. The van der Waals surface area contributed by atoms with Crippen molar-refractivity contribution >= 4 is 17.0 Å². The van der Waals surface area contributed by atoms with Crippen LogP contribution in [0.25, 0.3) is 5.57 Å². The summed E-state index contributed by atoms with van der Waals surface area (Å²) in [6, 6.07) is 8.13. The Labute approximate surface area is 115 Å². The van der Waals surface area contributed by atoms with Gasteiger partial charge in [0.05, 0.1) is 0 Å². The molecule has 0 bridgehead atoms. The van der Waals surface area contributed by atoms with Crippen LogP contribution in [0.1, 0.15) is 44.1 Å². The van der Waals surface area contributed by atoms with Crippen LogP contribution >= 0.6 is 0 Å². The van der Waals surface area contributed by atoms with E-state index in [-0.39, 0.29) is 0 Å². The smallest absolute Gasteiger partial charge is 0.0347 e. The number of rotatable bonds is 4. The molecule has 2 fully saturated rings. The lowest BCUT2D eigenvalue weighted by Gasteiger charge is -2.31. The predicted octanol–water partition coefficient (Wildman–Crippen LogP) is 4.27. The van der Waals surface area contributed by atoms with Crippen LogP contribution in [0.3, 0.4) is 0 Å². The third-order valence-corrected chi connectivity index (χ3v) is 4.62. The molecule has 2 aliphatic rings. The first-order chi connectivity index (χ1) is 9.24. The van der Waals surface area contributed by atoms with Gasteiger partial charge in [0.15, 0.2) is 0 Å². The van der Waals surface area contributed by atoms with Gasteiger partial charge in [-0.15, -0.1) is 0 Å². The van der Waals surface area contributed by atoms with Crippen LogP contribution in [0.5, 0.6) is 0 Å². The number of benzene rings is 1. The van der Waals surface area contributed by atoms with Gasteiger partial charge in [0, 0.05) is 17.3 Å². The molecule has 0 heterocycles. The van der Waals surface area contributed by atoms with Gasteiger partial charge < -0.3 is 11.1 Å². The summed E-state index contributed by atoms with van der Waals surface area (Å²) in [7, 11) is 0. The van der Waals surface area contributed by atoms with E-state index in [9.17, 15) is 0 Å². The van der Waals surface area contributed by atoms with Crippen molar-refractivity contribution < 1.29 is 0 Å². The summed E-state index contributed by atoms with van der Waals surface area (Å²) in [5.41, 5.74) is 10.1. The summed E-state index contributed by atoms with van der Waals surface area (Å²) in [5.74, 6) is 1.15. The fourth-order valence-electron chi connectivity index (χ4n) is 2.88. The number of nitrogen functional groups attached to an aromatic ring is 1. The second kappa shape index (κ2) is 5.20. The van der Waals surface area contributed by atoms with Gasteiger partial charge in [-0.2, -0.15) is 0 Å². The first-order valence-electron chi connectivity index (χ1n) is 7.40. The van der Waals surface area contributed by atoms with Crippen molar-refractivity contribution in [3.8, 4) is 0 Å². The molecular weight excluding hydrogens is 232 g/mol. The zero-order valence-corrected chi connectivity index (χ0v) is 11.4. The summed E-state index contributed by atoms with van der Waals surface area (Å²) in [6.07, 6.45) is 9.67. The second-order valence-corrected chi connectivity index (χ2v) is 5.94. The molecule has 2 heteroatoms. The highest BCUT2D eigenvalue weighted by Crippen LogP contribution is 2.40. The summed E-state index contributed by atoms with van der Waals surface area (Å²) in [5, 5.41) is 8.26. The van der Waals surface area contributed by atoms with Crippen LogP contribution in [0.15, 0.2) is 30.3 Å². The molecule has 1 aromatic carbocycles. The number of hydrogen-bond donors (Lipinski definition) is 2. The van der Waals surface area contributed by atoms with Crippen LogP contribution < -0.4 is 5.73 Å². The Morgan fingerprint density at radius 3 is 2.32 bits per heavy atom. The molecule has 0 saturated heterocycles. The molecular formula is C17H22N2. The Balaban J connectivity index is 1.88. The van der Waals surface area contributed by atoms with E-state index in [0.717, 1.165) is 11.4 Å². The van der Waals surface area contributed by atoms with E-state index in [1.54, 1.807) is 0 Å². The highest BCUT2D eigenvalue weighted by Gasteiger charge is 2.26. The van der Waals surface area contributed by atoms with Crippen LogP contribution in [0.2, 0.25) is 0 Å². The summed E-state index contributed by atoms with van der Waals surface area (Å²) in [6.45, 7) is 0. The van der Waals surface area contributed by atoms with E-state index in [4.69, 9.17) is 11.1 Å². The zero-order valence-electron chi connectivity index (χ0n) is 11.4. The van der Waals surface area contributed by atoms with E-state index in [0.29, 0.717) is 11.8 Å². The van der Waals surface area contributed by atoms with Gasteiger partial charge in [-0.1, -0.05) is 25.0 Å². The maximum atomic E-state index is 8.26. The van der Waals surface area contributed by atoms with Gasteiger partial charge in [-0.25, -0.2) is 0 Å². The summed E-state index contributed by atoms with van der Waals surface area (Å²) >= 11 is 0. The monoisotopic (exact) mass is 254 g/mol. The lowest BCUT2D eigenvalue weighted by Crippen LogP contribution is -2.21. The van der Waals surface area contributed by atoms with Gasteiger partial charge in [0.2, 0.25) is 0 Å². The molecule has 3 N–H and O–H groups in total. The molecule has 0 unspecified atom stereocenters. The first kappa shape index (κ1) is 12.5. The number of nitrogens with one attached hydrogen (secondary N) is 1. The number of allylic oxidation sites excluding steroid dienone is 2. The van der Waals surface area contributed by atoms with Gasteiger partial charge in [-0.05, 0) is 60.9 Å². The lowest BCUT2D eigenvalue weighted by atomic mass is 9.74. The standard InChI is InChI=1S/C17H22N2/c18-15-9-3-8-14(10-15)16(12-4-1-5-12)11-17(19)13-6-2-7-13/h3,8-13,19H,1-2,4-7,18H2/b16-11+,19-17?. The fraction of sp³-hybridized carbons (Fsp3) is 0.471. The average Bonchev–Trinajstić information content (AvgIpc) is 2.23. The Bertz CT molecular complexity index is 508. The van der Waals surface area contributed by atoms with Crippen molar-refractivity contribution in [3.05, 3.63) is 35.9 Å². The van der Waals surface area contributed by atoms with E-state index < -0.39 is 0 Å². The van der Waals surface area contributed by atoms with Crippen molar-refractivity contribution in [1.82, 2.24) is 0 Å². The van der Waals surface area contributed by atoms with Crippen molar-refractivity contribution in [2.24, 2.45) is 11.8 Å². The average molecular weight is 254 g/mol. The van der Waals surface area contributed by atoms with E-state index in [1.165, 1.54) is 49.7 Å². The molecule has 2 aliphatic carbocycles. The van der Waals surface area contributed by atoms with Gasteiger partial charge in [0.1, 0.15) is 0 Å². The maximum Gasteiger partial charge on any atom is 0.0347 e. The van der Waals surface area contributed by atoms with Crippen molar-refractivity contribution in [1.29, 1.82) is 5.41 Å². The van der Waals surface area contributed by atoms with E-state index in [1.807, 2.05) is 12.1 Å². The van der Waals surface area contributed by atoms with Gasteiger partial charge in [0.25, 0.3) is 0 Å². The number of hydrogen-bond acceptors (Lipinski definition) is 2. The number of nitrogens with two attached hydrogens (primary N) is 1. The van der Waals surface area contributed by atoms with Crippen molar-refractivity contribution in [2.45, 2.75) is 38.5 Å². The molecule has 0 atom stereocenters. The molecule has 0 radical (unpaired) electrons. The molecule has 19 heavy (non-hydrogen) atoms. The third kappa shape index (κ3) is 2.58. The largest absolute Gasteiger partial charge is 0.399 e. The van der Waals surface area contributed by atoms with Crippen LogP contribution in [0, 0.1) is 17.2 Å². The molecule has 2 saturated carbocycles. The fourth-order valence-corrected chi connectivity index (χ4v) is 2.88. The maximum absolute atomic E-state index is 8.26. The Kier molecular flexibility index (Phi) is 3.41. The highest BCUT2D eigenvalue weighted by molar-refractivity contribution is 6.01. The third-order valence-electron chi connectivity index (χ3n) is 4.62. The topological polar surface area (TPSA) is 49.9 Å². The molecule has 0 aromatic heterocycles. The molecule has 0 spiro atoms. The molecule has 0 aliphatic heterocycles. The van der Waals surface area contributed by atoms with E-state index in [2.05, 4.69) is 18.2 Å². The van der Waals surface area contributed by atoms with Crippen molar-refractivity contribution in [3.63, 3.8) is 0 Å². The van der Waals surface area contributed by atoms with Crippen LogP contribution in [-0.4, -0.2) is 5.71 Å². The first-order valence-corrected chi connectivity index (χ1v) is 7.40. The molecule has 2 nitrogen and oxygen atoms in total. The second-order valence-electron chi connectivity index (χ2n) is 5.94. The SMILES string of the molecule is N=C(/C=C(/c1cccc(N)c1)C1CCC1)C1CCC1. The summed E-state index contributed by atoms with van der Waals surface area (Å²) in [4.78, 5) is 0. The minimum absolute atomic E-state index is 0.510. The van der Waals surface area contributed by atoms with Gasteiger partial charge >= 0.3 is 0 Å². The summed E-state index contributed by atoms with van der Waals surface area (Å²) < 4.78 is 0. The molecule has 0 amide bonds. The van der Waals surface area contributed by atoms with Crippen LogP contribution in [-0.2, 0) is 0 Å². The lowest BCUT2D eigenvalue weighted by molar-refractivity contribution is 0.399. The highest BCUT2D eigenvalue weighted by atomic mass is 14.5. The predicted molar refractivity (Wildman–Crippen MR) is 81.2 cm³/mol. The van der Waals surface area contributed by atoms with Crippen molar-refractivity contribution in [2.75, 3.05) is 5.73 Å². The Morgan fingerprint density at radius 1 is 1.11 bits per heavy atom. The molecule has 100 valence electrons. The van der Waals surface area contributed by atoms with E-state index >= 15 is 0 Å². The quantitative estimate of drug-likeness (QED) is 0.611. The Hall–Kier alpha value is -1.57. The number of anilines is 1. The zero-order chi connectivity index (χ0) is 13.2. The Morgan fingerprint density at radius 2 is 1.79 bits per heavy atom. The molecule has 3 rings (SSSR count). The minimum atomic E-state index is 0.510. The van der Waals surface area contributed by atoms with Crippen LogP contribution in [0.4, 0.5) is 5.69 Å². The normalized spacial score (nSPS) is 20.7. The van der Waals surface area contributed by atoms with Gasteiger partial charge in [-0.3, -0.25) is 0 Å². The molecule has 1 aromatic rings.